The van der Waals surface area contributed by atoms with E-state index in [0.29, 0.717) is 27.8 Å². The highest BCUT2D eigenvalue weighted by Gasteiger charge is 2.18. The molecular formula is C36H29ClN4O6S3. The fraction of sp³-hybridized carbons (Fsp3) is 0.0556. The highest BCUT2D eigenvalue weighted by atomic mass is 35.5. The van der Waals surface area contributed by atoms with E-state index in [9.17, 15) is 21.6 Å². The van der Waals surface area contributed by atoms with Gasteiger partial charge in [0.1, 0.15) is 0 Å². The third-order valence-electron chi connectivity index (χ3n) is 7.65. The van der Waals surface area contributed by atoms with Crippen LogP contribution in [0, 0.1) is 6.92 Å². The van der Waals surface area contributed by atoms with Crippen molar-refractivity contribution in [2.75, 3.05) is 27.2 Å². The minimum Gasteiger partial charge on any atom is -0.465 e. The normalized spacial score (nSPS) is 11.6. The lowest BCUT2D eigenvalue weighted by molar-refractivity contribution is 0.0601. The van der Waals surface area contributed by atoms with Crippen LogP contribution >= 0.6 is 23.8 Å². The number of carbonyl (C=O) groups excluding carboxylic acids is 1. The summed E-state index contributed by atoms with van der Waals surface area (Å²) < 4.78 is 62.6. The van der Waals surface area contributed by atoms with Gasteiger partial charge in [0.2, 0.25) is 0 Å². The Morgan fingerprint density at radius 2 is 1.12 bits per heavy atom. The number of hydrogen-bond acceptors (Lipinski definition) is 7. The van der Waals surface area contributed by atoms with Crippen molar-refractivity contribution in [3.05, 3.63) is 131 Å². The van der Waals surface area contributed by atoms with Gasteiger partial charge in [-0.15, -0.1) is 0 Å². The molecule has 0 aliphatic rings. The highest BCUT2D eigenvalue weighted by Crippen LogP contribution is 2.28. The molecule has 0 fully saturated rings. The Morgan fingerprint density at radius 1 is 0.620 bits per heavy atom. The van der Waals surface area contributed by atoms with Gasteiger partial charge in [-0.05, 0) is 125 Å². The minimum atomic E-state index is -4.04. The van der Waals surface area contributed by atoms with Crippen LogP contribution in [-0.2, 0) is 24.8 Å². The summed E-state index contributed by atoms with van der Waals surface area (Å²) in [6.45, 7) is 1.89. The molecule has 0 aliphatic carbocycles. The Hall–Kier alpha value is -5.21. The van der Waals surface area contributed by atoms with Crippen molar-refractivity contribution in [2.24, 2.45) is 0 Å². The van der Waals surface area contributed by atoms with Crippen molar-refractivity contribution < 1.29 is 26.4 Å². The summed E-state index contributed by atoms with van der Waals surface area (Å²) in [5.41, 5.74) is 2.83. The summed E-state index contributed by atoms with van der Waals surface area (Å²) in [7, 11) is -6.65. The first-order valence-corrected chi connectivity index (χ1v) is 18.7. The van der Waals surface area contributed by atoms with Crippen LogP contribution in [0.25, 0.3) is 21.5 Å². The molecule has 0 saturated heterocycles. The van der Waals surface area contributed by atoms with Gasteiger partial charge in [-0.25, -0.2) is 21.6 Å². The molecule has 0 amide bonds. The molecule has 0 atom stereocenters. The molecule has 6 aromatic rings. The zero-order chi connectivity index (χ0) is 35.6. The van der Waals surface area contributed by atoms with Gasteiger partial charge in [0.25, 0.3) is 20.0 Å². The van der Waals surface area contributed by atoms with Crippen molar-refractivity contribution in [3.63, 3.8) is 0 Å². The number of benzene rings is 6. The smallest absolute Gasteiger partial charge is 0.339 e. The first-order chi connectivity index (χ1) is 23.8. The van der Waals surface area contributed by atoms with Crippen LogP contribution in [0.4, 0.5) is 22.7 Å². The van der Waals surface area contributed by atoms with Gasteiger partial charge in [-0.3, -0.25) is 9.44 Å². The molecular weight excluding hydrogens is 716 g/mol. The molecule has 0 saturated carbocycles. The summed E-state index contributed by atoms with van der Waals surface area (Å²) in [4.78, 5) is 12.1. The second-order valence-electron chi connectivity index (χ2n) is 11.3. The summed E-state index contributed by atoms with van der Waals surface area (Å²) >= 11 is 11.6. The van der Waals surface area contributed by atoms with Crippen LogP contribution in [0.5, 0.6) is 0 Å². The number of sulfonamides is 2. The second kappa shape index (κ2) is 14.0. The van der Waals surface area contributed by atoms with E-state index in [-0.39, 0.29) is 31.2 Å². The van der Waals surface area contributed by atoms with Gasteiger partial charge in [0.15, 0.2) is 5.11 Å². The Labute approximate surface area is 299 Å². The first kappa shape index (κ1) is 34.6. The topological polar surface area (TPSA) is 143 Å². The number of rotatable bonds is 9. The first-order valence-electron chi connectivity index (χ1n) is 15.0. The predicted octanol–water partition coefficient (Wildman–Crippen LogP) is 8.15. The quantitative estimate of drug-likeness (QED) is 0.0852. The maximum absolute atomic E-state index is 13.3. The molecule has 0 bridgehead atoms. The molecule has 10 nitrogen and oxygen atoms in total. The molecule has 0 aromatic heterocycles. The van der Waals surface area contributed by atoms with Gasteiger partial charge in [-0.2, -0.15) is 0 Å². The molecule has 4 N–H and O–H groups in total. The molecule has 0 heterocycles. The number of aryl methyl sites for hydroxylation is 1. The van der Waals surface area contributed by atoms with Crippen molar-refractivity contribution in [1.82, 2.24) is 0 Å². The number of methoxy groups -OCH3 is 1. The van der Waals surface area contributed by atoms with E-state index in [0.717, 1.165) is 16.3 Å². The van der Waals surface area contributed by atoms with Crippen LogP contribution in [-0.4, -0.2) is 35.0 Å². The largest absolute Gasteiger partial charge is 0.465 e. The van der Waals surface area contributed by atoms with Gasteiger partial charge in [0.05, 0.1) is 27.5 Å². The number of thiocarbonyl (C=S) groups is 1. The van der Waals surface area contributed by atoms with Gasteiger partial charge in [-0.1, -0.05) is 48.0 Å². The molecule has 0 spiro atoms. The third-order valence-corrected chi connectivity index (χ3v) is 10.9. The summed E-state index contributed by atoms with van der Waals surface area (Å²) in [5.74, 6) is -0.693. The molecule has 50 heavy (non-hydrogen) atoms. The summed E-state index contributed by atoms with van der Waals surface area (Å²) in [6, 6.07) is 31.8. The Balaban J connectivity index is 1.17. The van der Waals surface area contributed by atoms with E-state index < -0.39 is 26.0 Å². The van der Waals surface area contributed by atoms with Crippen molar-refractivity contribution >= 4 is 99.2 Å². The minimum absolute atomic E-state index is 0.00375. The van der Waals surface area contributed by atoms with Crippen molar-refractivity contribution in [1.29, 1.82) is 0 Å². The molecule has 254 valence electrons. The van der Waals surface area contributed by atoms with E-state index in [2.05, 4.69) is 20.1 Å². The second-order valence-corrected chi connectivity index (χ2v) is 15.5. The van der Waals surface area contributed by atoms with E-state index in [1.807, 2.05) is 37.3 Å². The van der Waals surface area contributed by atoms with Crippen LogP contribution in [0.15, 0.2) is 125 Å². The maximum atomic E-state index is 13.3. The lowest BCUT2D eigenvalue weighted by atomic mass is 10.1. The number of fused-ring (bicyclic) bond motifs is 2. The fourth-order valence-electron chi connectivity index (χ4n) is 5.22. The Kier molecular flexibility index (Phi) is 9.67. The third kappa shape index (κ3) is 7.81. The number of esters is 1. The molecule has 14 heteroatoms. The lowest BCUT2D eigenvalue weighted by Crippen LogP contribution is -2.19. The predicted molar refractivity (Wildman–Crippen MR) is 203 cm³/mol. The number of halogens is 1. The van der Waals surface area contributed by atoms with E-state index >= 15 is 0 Å². The Bertz CT molecular complexity index is 2540. The molecule has 6 aromatic carbocycles. The molecule has 0 aliphatic heterocycles. The van der Waals surface area contributed by atoms with E-state index in [1.54, 1.807) is 54.6 Å². The molecule has 0 unspecified atom stereocenters. The van der Waals surface area contributed by atoms with Crippen molar-refractivity contribution in [3.8, 4) is 0 Å². The van der Waals surface area contributed by atoms with Crippen LogP contribution in [0.1, 0.15) is 15.9 Å². The molecule has 6 rings (SSSR count). The average Bonchev–Trinajstić information content (AvgIpc) is 3.07. The van der Waals surface area contributed by atoms with Crippen LogP contribution < -0.4 is 20.1 Å². The number of carbonyl (C=O) groups is 1. The summed E-state index contributed by atoms with van der Waals surface area (Å²) in [6.07, 6.45) is 0. The van der Waals surface area contributed by atoms with E-state index in [1.165, 1.54) is 37.4 Å². The SMILES string of the molecule is COC(=O)c1cc(NS(=O)(=O)c2ccc3ccc(NC(=S)Nc4ccc5ccc(S(=O)(=O)Nc6cccc(C)c6)cc5c4)cc3c2)ccc1Cl. The van der Waals surface area contributed by atoms with Gasteiger partial charge >= 0.3 is 5.97 Å². The van der Waals surface area contributed by atoms with Crippen LogP contribution in [0.3, 0.4) is 0 Å². The number of ether oxygens (including phenoxy) is 1. The summed E-state index contributed by atoms with van der Waals surface area (Å²) in [5, 5.41) is 9.60. The maximum Gasteiger partial charge on any atom is 0.339 e. The molecule has 0 radical (unpaired) electrons. The van der Waals surface area contributed by atoms with E-state index in [4.69, 9.17) is 28.6 Å². The number of hydrogen-bond donors (Lipinski definition) is 4. The monoisotopic (exact) mass is 744 g/mol. The fourth-order valence-corrected chi connectivity index (χ4v) is 7.82. The highest BCUT2D eigenvalue weighted by molar-refractivity contribution is 7.93. The zero-order valence-corrected chi connectivity index (χ0v) is 29.7. The lowest BCUT2D eigenvalue weighted by Gasteiger charge is -2.13. The number of anilines is 4. The number of nitrogens with one attached hydrogen (secondary N) is 4. The Morgan fingerprint density at radius 3 is 1.64 bits per heavy atom. The zero-order valence-electron chi connectivity index (χ0n) is 26.5. The average molecular weight is 745 g/mol. The standard InChI is InChI=1S/C36H29ClN4O6S3/c1-22-4-3-5-29(16-22)40-49(43,44)31-13-8-23-6-10-27(17-25(23)19-31)38-36(48)39-28-11-7-24-9-14-32(20-26(24)18-28)50(45,46)41-30-12-15-34(37)33(21-30)35(42)47-2/h3-21,40-41H,1-2H3,(H2,38,39,48). The van der Waals surface area contributed by atoms with Crippen LogP contribution in [0.2, 0.25) is 5.02 Å². The van der Waals surface area contributed by atoms with Crippen molar-refractivity contribution in [2.45, 2.75) is 16.7 Å². The van der Waals surface area contributed by atoms with Gasteiger partial charge < -0.3 is 15.4 Å². The van der Waals surface area contributed by atoms with Gasteiger partial charge in [0, 0.05) is 22.7 Å².